The summed E-state index contributed by atoms with van der Waals surface area (Å²) in [4.78, 5) is 16.8. The standard InChI is InChI=1S/C21H20ClN5OS/c1-4-6-18-25-27-19(23)17(20(28)24-21(27)29-18)10-14-9-12(2)26(13(14)3)16-8-5-7-15(22)11-16/h5,7-11,23H,4,6H2,1-3H3. The summed E-state index contributed by atoms with van der Waals surface area (Å²) in [5.74, 6) is -0.347. The number of aliphatic imine (C=N–C) groups is 1. The Morgan fingerprint density at radius 1 is 1.28 bits per heavy atom. The van der Waals surface area contributed by atoms with Crippen LogP contribution in [0.25, 0.3) is 11.8 Å². The van der Waals surface area contributed by atoms with Crippen molar-refractivity contribution in [3.05, 3.63) is 57.9 Å². The van der Waals surface area contributed by atoms with E-state index in [1.54, 1.807) is 6.08 Å². The number of carbonyl (C=O) groups excluding carboxylic acids is 1. The number of hydrogen-bond acceptors (Lipinski definition) is 4. The van der Waals surface area contributed by atoms with E-state index in [9.17, 15) is 4.79 Å². The third kappa shape index (κ3) is 3.56. The number of fused-ring (bicyclic) bond motifs is 1. The second-order valence-corrected chi connectivity index (χ2v) is 8.38. The summed E-state index contributed by atoms with van der Waals surface area (Å²) in [6, 6.07) is 9.61. The number of nitrogens with zero attached hydrogens (tertiary/aromatic N) is 4. The van der Waals surface area contributed by atoms with Crippen LogP contribution in [0.1, 0.15) is 36.7 Å². The van der Waals surface area contributed by atoms with E-state index in [2.05, 4.69) is 21.6 Å². The van der Waals surface area contributed by atoms with E-state index >= 15 is 0 Å². The fourth-order valence-electron chi connectivity index (χ4n) is 3.45. The first-order chi connectivity index (χ1) is 13.9. The van der Waals surface area contributed by atoms with Gasteiger partial charge in [0.2, 0.25) is 5.17 Å². The number of hydrogen-bond donors (Lipinski definition) is 1. The van der Waals surface area contributed by atoms with E-state index in [1.807, 2.05) is 44.2 Å². The van der Waals surface area contributed by atoms with E-state index in [0.717, 1.165) is 40.5 Å². The molecular weight excluding hydrogens is 406 g/mol. The van der Waals surface area contributed by atoms with Gasteiger partial charge in [-0.25, -0.2) is 0 Å². The molecule has 0 saturated heterocycles. The van der Waals surface area contributed by atoms with Crippen molar-refractivity contribution in [2.75, 3.05) is 0 Å². The molecule has 1 amide bonds. The number of aromatic nitrogens is 1. The number of aryl methyl sites for hydroxylation is 1. The Labute approximate surface area is 178 Å². The zero-order valence-corrected chi connectivity index (χ0v) is 17.9. The third-order valence-corrected chi connectivity index (χ3v) is 6.00. The van der Waals surface area contributed by atoms with Gasteiger partial charge in [0.25, 0.3) is 5.91 Å². The summed E-state index contributed by atoms with van der Waals surface area (Å²) in [6.07, 6.45) is 3.49. The van der Waals surface area contributed by atoms with Crippen LogP contribution in [0.2, 0.25) is 5.02 Å². The van der Waals surface area contributed by atoms with Gasteiger partial charge in [0.15, 0.2) is 5.84 Å². The number of benzene rings is 1. The highest BCUT2D eigenvalue weighted by molar-refractivity contribution is 8.26. The lowest BCUT2D eigenvalue weighted by Gasteiger charge is -2.20. The van der Waals surface area contributed by atoms with Gasteiger partial charge >= 0.3 is 0 Å². The first-order valence-electron chi connectivity index (χ1n) is 9.33. The zero-order valence-electron chi connectivity index (χ0n) is 16.4. The molecule has 0 atom stereocenters. The molecule has 6 nitrogen and oxygen atoms in total. The van der Waals surface area contributed by atoms with Crippen LogP contribution in [-0.2, 0) is 4.79 Å². The molecule has 1 aromatic carbocycles. The normalized spacial score (nSPS) is 17.7. The highest BCUT2D eigenvalue weighted by atomic mass is 35.5. The Morgan fingerprint density at radius 2 is 2.07 bits per heavy atom. The smallest absolute Gasteiger partial charge is 0.283 e. The van der Waals surface area contributed by atoms with Crippen LogP contribution < -0.4 is 0 Å². The van der Waals surface area contributed by atoms with Gasteiger partial charge in [-0.2, -0.15) is 15.1 Å². The van der Waals surface area contributed by atoms with Crippen molar-refractivity contribution in [1.29, 1.82) is 5.41 Å². The lowest BCUT2D eigenvalue weighted by molar-refractivity contribution is -0.114. The zero-order chi connectivity index (χ0) is 20.7. The number of carbonyl (C=O) groups is 1. The Balaban J connectivity index is 1.73. The van der Waals surface area contributed by atoms with Crippen LogP contribution in [0.3, 0.4) is 0 Å². The number of hydrazone groups is 1. The lowest BCUT2D eigenvalue weighted by Crippen LogP contribution is -2.35. The summed E-state index contributed by atoms with van der Waals surface area (Å²) in [7, 11) is 0. The number of thioether (sulfide) groups is 1. The monoisotopic (exact) mass is 425 g/mol. The molecular formula is C21H20ClN5OS. The summed E-state index contributed by atoms with van der Waals surface area (Å²) in [5, 5.41) is 16.4. The van der Waals surface area contributed by atoms with Crippen molar-refractivity contribution < 1.29 is 4.79 Å². The fourth-order valence-corrected chi connectivity index (χ4v) is 4.62. The second kappa shape index (κ2) is 7.65. The number of amidine groups is 2. The van der Waals surface area contributed by atoms with Gasteiger partial charge in [-0.1, -0.05) is 24.6 Å². The van der Waals surface area contributed by atoms with Gasteiger partial charge in [0, 0.05) is 22.1 Å². The molecule has 29 heavy (non-hydrogen) atoms. The Bertz CT molecular complexity index is 1130. The van der Waals surface area contributed by atoms with Gasteiger partial charge < -0.3 is 4.57 Å². The molecule has 2 aromatic rings. The Kier molecular flexibility index (Phi) is 5.19. The van der Waals surface area contributed by atoms with Crippen molar-refractivity contribution in [2.45, 2.75) is 33.6 Å². The molecule has 3 heterocycles. The van der Waals surface area contributed by atoms with E-state index < -0.39 is 5.91 Å². The van der Waals surface area contributed by atoms with Crippen LogP contribution in [-0.4, -0.2) is 31.5 Å². The molecule has 2 aliphatic rings. The highest BCUT2D eigenvalue weighted by Gasteiger charge is 2.35. The van der Waals surface area contributed by atoms with Crippen LogP contribution in [0.5, 0.6) is 0 Å². The molecule has 148 valence electrons. The van der Waals surface area contributed by atoms with Gasteiger partial charge in [-0.15, -0.1) is 0 Å². The molecule has 0 saturated carbocycles. The molecule has 0 fully saturated rings. The SMILES string of the molecule is CCCC1=NN2C(=N)C(=Cc3cc(C)n(-c4cccc(Cl)c4)c3C)C(=O)N=C2S1. The first kappa shape index (κ1) is 19.7. The van der Waals surface area contributed by atoms with Crippen LogP contribution >= 0.6 is 23.4 Å². The maximum Gasteiger partial charge on any atom is 0.283 e. The quantitative estimate of drug-likeness (QED) is 0.687. The summed E-state index contributed by atoms with van der Waals surface area (Å²) >= 11 is 7.52. The van der Waals surface area contributed by atoms with Crippen molar-refractivity contribution in [1.82, 2.24) is 9.58 Å². The molecule has 0 aliphatic carbocycles. The van der Waals surface area contributed by atoms with Crippen LogP contribution in [0, 0.1) is 19.3 Å². The second-order valence-electron chi connectivity index (χ2n) is 6.91. The molecule has 2 aliphatic heterocycles. The highest BCUT2D eigenvalue weighted by Crippen LogP contribution is 2.31. The Hall–Kier alpha value is -2.64. The predicted molar refractivity (Wildman–Crippen MR) is 120 cm³/mol. The lowest BCUT2D eigenvalue weighted by atomic mass is 10.1. The molecule has 1 N–H and O–H groups in total. The van der Waals surface area contributed by atoms with Crippen molar-refractivity contribution in [2.24, 2.45) is 10.1 Å². The van der Waals surface area contributed by atoms with Gasteiger partial charge in [0.05, 0.1) is 5.57 Å². The van der Waals surface area contributed by atoms with Gasteiger partial charge in [0.1, 0.15) is 5.04 Å². The molecule has 8 heteroatoms. The number of amides is 1. The minimum atomic E-state index is -0.408. The molecule has 0 unspecified atom stereocenters. The fraction of sp³-hybridized carbons (Fsp3) is 0.238. The average molecular weight is 426 g/mol. The topological polar surface area (TPSA) is 73.8 Å². The van der Waals surface area contributed by atoms with Crippen LogP contribution in [0.15, 0.2) is 46.0 Å². The predicted octanol–water partition coefficient (Wildman–Crippen LogP) is 5.17. The van der Waals surface area contributed by atoms with Crippen molar-refractivity contribution in [3.8, 4) is 5.69 Å². The molecule has 0 bridgehead atoms. The maximum atomic E-state index is 12.6. The van der Waals surface area contributed by atoms with E-state index in [4.69, 9.17) is 17.0 Å². The van der Waals surface area contributed by atoms with E-state index in [1.165, 1.54) is 16.8 Å². The summed E-state index contributed by atoms with van der Waals surface area (Å²) in [6.45, 7) is 6.05. The molecule has 0 spiro atoms. The summed E-state index contributed by atoms with van der Waals surface area (Å²) in [5.41, 5.74) is 4.02. The molecule has 1 aromatic heterocycles. The number of rotatable bonds is 4. The minimum absolute atomic E-state index is 0.0613. The largest absolute Gasteiger partial charge is 0.318 e. The van der Waals surface area contributed by atoms with E-state index in [0.29, 0.717) is 10.2 Å². The van der Waals surface area contributed by atoms with Crippen molar-refractivity contribution >= 4 is 51.4 Å². The average Bonchev–Trinajstić information content (AvgIpc) is 3.19. The van der Waals surface area contributed by atoms with Gasteiger partial charge in [-0.3, -0.25) is 10.2 Å². The number of nitrogens with one attached hydrogen (secondary N) is 1. The van der Waals surface area contributed by atoms with E-state index in [-0.39, 0.29) is 11.4 Å². The molecule has 4 rings (SSSR count). The van der Waals surface area contributed by atoms with Gasteiger partial charge in [-0.05, 0) is 74.4 Å². The minimum Gasteiger partial charge on any atom is -0.318 e. The molecule has 0 radical (unpaired) electrons. The first-order valence-corrected chi connectivity index (χ1v) is 10.5. The number of halogens is 1. The summed E-state index contributed by atoms with van der Waals surface area (Å²) < 4.78 is 2.08. The van der Waals surface area contributed by atoms with Crippen LogP contribution in [0.4, 0.5) is 0 Å². The third-order valence-electron chi connectivity index (χ3n) is 4.80. The van der Waals surface area contributed by atoms with Crippen molar-refractivity contribution in [3.63, 3.8) is 0 Å². The Morgan fingerprint density at radius 3 is 2.79 bits per heavy atom. The maximum absolute atomic E-state index is 12.6.